The molecular formula is C8H17NO2. The van der Waals surface area contributed by atoms with Gasteiger partial charge in [0.15, 0.2) is 0 Å². The summed E-state index contributed by atoms with van der Waals surface area (Å²) in [5.74, 6) is -0.613. The Labute approximate surface area is 67.6 Å². The number of nitrogens with two attached hydrogens (primary N) is 1. The normalized spacial score (nSPS) is 15.9. The van der Waals surface area contributed by atoms with E-state index >= 15 is 0 Å². The summed E-state index contributed by atoms with van der Waals surface area (Å²) >= 11 is 0. The Kier molecular flexibility index (Phi) is 4.86. The van der Waals surface area contributed by atoms with Crippen LogP contribution in [0.1, 0.15) is 33.1 Å². The molecule has 0 bridgehead atoms. The summed E-state index contributed by atoms with van der Waals surface area (Å²) < 4.78 is 0. The van der Waals surface area contributed by atoms with Crippen molar-refractivity contribution in [3.8, 4) is 0 Å². The molecule has 0 aliphatic heterocycles. The summed E-state index contributed by atoms with van der Waals surface area (Å²) in [7, 11) is 0. The number of hydrogen-bond donors (Lipinski definition) is 2. The molecule has 3 heteroatoms. The van der Waals surface area contributed by atoms with E-state index < -0.39 is 5.97 Å². The first-order valence-electron chi connectivity index (χ1n) is 4.05. The van der Waals surface area contributed by atoms with Crippen molar-refractivity contribution in [1.82, 2.24) is 0 Å². The van der Waals surface area contributed by atoms with Crippen LogP contribution in [-0.4, -0.2) is 17.1 Å². The third kappa shape index (κ3) is 4.79. The molecule has 11 heavy (non-hydrogen) atoms. The van der Waals surface area contributed by atoms with Gasteiger partial charge in [0.05, 0.1) is 0 Å². The van der Waals surface area contributed by atoms with E-state index in [4.69, 9.17) is 10.8 Å². The third-order valence-corrected chi connectivity index (χ3v) is 1.84. The Hall–Kier alpha value is -0.570. The molecule has 0 spiro atoms. The van der Waals surface area contributed by atoms with Crippen molar-refractivity contribution in [2.24, 2.45) is 11.7 Å². The van der Waals surface area contributed by atoms with Crippen molar-refractivity contribution in [3.05, 3.63) is 0 Å². The molecule has 2 atom stereocenters. The lowest BCUT2D eigenvalue weighted by Crippen LogP contribution is -2.28. The van der Waals surface area contributed by atoms with Crippen LogP contribution < -0.4 is 5.73 Å². The Morgan fingerprint density at radius 1 is 1.64 bits per heavy atom. The molecule has 0 heterocycles. The fourth-order valence-electron chi connectivity index (χ4n) is 1.15. The van der Waals surface area contributed by atoms with Gasteiger partial charge >= 0.3 is 5.97 Å². The van der Waals surface area contributed by atoms with Crippen molar-refractivity contribution >= 4 is 5.97 Å². The SMILES string of the molecule is CCC[C@@H](CC(=O)O)[C@@H](C)N. The molecule has 0 aromatic heterocycles. The zero-order chi connectivity index (χ0) is 8.85. The standard InChI is InChI=1S/C8H17NO2/c1-3-4-7(6(2)9)5-8(10)11/h6-7H,3-5,9H2,1-2H3,(H,10,11)/t6-,7+/m1/s1. The maximum absolute atomic E-state index is 10.3. The van der Waals surface area contributed by atoms with E-state index in [2.05, 4.69) is 0 Å². The molecule has 3 N–H and O–H groups in total. The highest BCUT2D eigenvalue weighted by molar-refractivity contribution is 5.67. The summed E-state index contributed by atoms with van der Waals surface area (Å²) in [5, 5.41) is 8.50. The van der Waals surface area contributed by atoms with E-state index in [0.717, 1.165) is 12.8 Å². The zero-order valence-corrected chi connectivity index (χ0v) is 7.21. The molecular weight excluding hydrogens is 142 g/mol. The van der Waals surface area contributed by atoms with E-state index in [1.54, 1.807) is 0 Å². The first-order chi connectivity index (χ1) is 5.07. The number of rotatable bonds is 5. The monoisotopic (exact) mass is 159 g/mol. The van der Waals surface area contributed by atoms with Crippen LogP contribution in [-0.2, 0) is 4.79 Å². The van der Waals surface area contributed by atoms with Gasteiger partial charge in [-0.05, 0) is 19.3 Å². The lowest BCUT2D eigenvalue weighted by molar-refractivity contribution is -0.138. The molecule has 0 rings (SSSR count). The van der Waals surface area contributed by atoms with Gasteiger partial charge in [0.25, 0.3) is 0 Å². The van der Waals surface area contributed by atoms with Gasteiger partial charge in [-0.1, -0.05) is 13.3 Å². The highest BCUT2D eigenvalue weighted by atomic mass is 16.4. The Bertz CT molecular complexity index is 123. The quantitative estimate of drug-likeness (QED) is 0.634. The van der Waals surface area contributed by atoms with Gasteiger partial charge in [-0.25, -0.2) is 0 Å². The van der Waals surface area contributed by atoms with Gasteiger partial charge in [-0.2, -0.15) is 0 Å². The van der Waals surface area contributed by atoms with Gasteiger partial charge in [0.1, 0.15) is 0 Å². The average molecular weight is 159 g/mol. The lowest BCUT2D eigenvalue weighted by atomic mass is 9.93. The van der Waals surface area contributed by atoms with Crippen LogP contribution in [0.4, 0.5) is 0 Å². The molecule has 0 aromatic carbocycles. The molecule has 0 aliphatic carbocycles. The topological polar surface area (TPSA) is 63.3 Å². The van der Waals surface area contributed by atoms with Crippen LogP contribution in [0.2, 0.25) is 0 Å². The van der Waals surface area contributed by atoms with Gasteiger partial charge < -0.3 is 10.8 Å². The molecule has 0 aliphatic rings. The van der Waals surface area contributed by atoms with Crippen LogP contribution in [0, 0.1) is 5.92 Å². The number of aliphatic carboxylic acids is 1. The maximum Gasteiger partial charge on any atom is 0.303 e. The predicted molar refractivity (Wildman–Crippen MR) is 44.3 cm³/mol. The van der Waals surface area contributed by atoms with Gasteiger partial charge in [-0.3, -0.25) is 4.79 Å². The van der Waals surface area contributed by atoms with Gasteiger partial charge in [0, 0.05) is 12.5 Å². The molecule has 0 aromatic rings. The van der Waals surface area contributed by atoms with E-state index in [-0.39, 0.29) is 18.4 Å². The number of carboxylic acid groups (broad SMARTS) is 1. The molecule has 66 valence electrons. The Balaban J connectivity index is 3.79. The number of hydrogen-bond acceptors (Lipinski definition) is 2. The van der Waals surface area contributed by atoms with Crippen LogP contribution in [0.3, 0.4) is 0 Å². The summed E-state index contributed by atoms with van der Waals surface area (Å²) in [6, 6.07) is -0.00829. The first-order valence-corrected chi connectivity index (χ1v) is 4.05. The lowest BCUT2D eigenvalue weighted by Gasteiger charge is -2.17. The minimum atomic E-state index is -0.749. The number of carbonyl (C=O) groups is 1. The summed E-state index contributed by atoms with van der Waals surface area (Å²) in [6.45, 7) is 3.90. The molecule has 0 fully saturated rings. The molecule has 0 radical (unpaired) electrons. The fourth-order valence-corrected chi connectivity index (χ4v) is 1.15. The first kappa shape index (κ1) is 10.4. The molecule has 0 saturated carbocycles. The van der Waals surface area contributed by atoms with E-state index in [9.17, 15) is 4.79 Å². The van der Waals surface area contributed by atoms with Gasteiger partial charge in [0.2, 0.25) is 0 Å². The maximum atomic E-state index is 10.3. The largest absolute Gasteiger partial charge is 0.481 e. The van der Waals surface area contributed by atoms with Crippen LogP contribution >= 0.6 is 0 Å². The highest BCUT2D eigenvalue weighted by Gasteiger charge is 2.15. The second kappa shape index (κ2) is 5.13. The zero-order valence-electron chi connectivity index (χ0n) is 7.21. The molecule has 0 unspecified atom stereocenters. The van der Waals surface area contributed by atoms with Gasteiger partial charge in [-0.15, -0.1) is 0 Å². The Morgan fingerprint density at radius 3 is 2.45 bits per heavy atom. The summed E-state index contributed by atoms with van der Waals surface area (Å²) in [5.41, 5.74) is 5.61. The fraction of sp³-hybridized carbons (Fsp3) is 0.875. The third-order valence-electron chi connectivity index (χ3n) is 1.84. The Morgan fingerprint density at radius 2 is 2.18 bits per heavy atom. The minimum absolute atomic E-state index is 0.00829. The van der Waals surface area contributed by atoms with Crippen LogP contribution in [0.5, 0.6) is 0 Å². The smallest absolute Gasteiger partial charge is 0.303 e. The summed E-state index contributed by atoms with van der Waals surface area (Å²) in [6.07, 6.45) is 2.11. The molecule has 0 saturated heterocycles. The molecule has 3 nitrogen and oxygen atoms in total. The van der Waals surface area contributed by atoms with Crippen molar-refractivity contribution in [2.45, 2.75) is 39.2 Å². The second-order valence-corrected chi connectivity index (χ2v) is 3.01. The highest BCUT2D eigenvalue weighted by Crippen LogP contribution is 2.13. The molecule has 0 amide bonds. The average Bonchev–Trinajstić information content (AvgIpc) is 1.86. The van der Waals surface area contributed by atoms with E-state index in [0.29, 0.717) is 0 Å². The minimum Gasteiger partial charge on any atom is -0.481 e. The van der Waals surface area contributed by atoms with Crippen LogP contribution in [0.15, 0.2) is 0 Å². The van der Waals surface area contributed by atoms with Crippen molar-refractivity contribution in [3.63, 3.8) is 0 Å². The van der Waals surface area contributed by atoms with Crippen molar-refractivity contribution < 1.29 is 9.90 Å². The second-order valence-electron chi connectivity index (χ2n) is 3.01. The van der Waals surface area contributed by atoms with Crippen molar-refractivity contribution in [1.29, 1.82) is 0 Å². The predicted octanol–water partition coefficient (Wildman–Crippen LogP) is 1.22. The van der Waals surface area contributed by atoms with E-state index in [1.807, 2.05) is 13.8 Å². The van der Waals surface area contributed by atoms with Crippen LogP contribution in [0.25, 0.3) is 0 Å². The summed E-state index contributed by atoms with van der Waals surface area (Å²) in [4.78, 5) is 10.3. The van der Waals surface area contributed by atoms with E-state index in [1.165, 1.54) is 0 Å². The van der Waals surface area contributed by atoms with Crippen molar-refractivity contribution in [2.75, 3.05) is 0 Å². The number of carboxylic acids is 1.